The highest BCUT2D eigenvalue weighted by atomic mass is 16.5. The molecule has 0 unspecified atom stereocenters. The molecule has 4 atom stereocenters. The predicted octanol–water partition coefficient (Wildman–Crippen LogP) is 3.33. The Bertz CT molecular complexity index is 488. The highest BCUT2D eigenvalue weighted by Gasteiger charge is 2.41. The topological polar surface area (TPSA) is 41.5 Å². The molecular weight excluding hydrogens is 274 g/mol. The number of benzene rings is 1. The first-order valence-electron chi connectivity index (χ1n) is 8.76. The second-order valence-corrected chi connectivity index (χ2v) is 7.35. The van der Waals surface area contributed by atoms with Crippen molar-refractivity contribution in [1.29, 1.82) is 0 Å². The second-order valence-electron chi connectivity index (χ2n) is 7.35. The van der Waals surface area contributed by atoms with Crippen LogP contribution in [0.2, 0.25) is 0 Å². The van der Waals surface area contributed by atoms with Gasteiger partial charge in [0.2, 0.25) is 0 Å². The first-order valence-corrected chi connectivity index (χ1v) is 8.76. The molecule has 1 aromatic carbocycles. The third-order valence-electron chi connectivity index (χ3n) is 5.25. The van der Waals surface area contributed by atoms with E-state index in [9.17, 15) is 5.11 Å². The molecule has 122 valence electrons. The van der Waals surface area contributed by atoms with Crippen LogP contribution < -0.4 is 10.1 Å². The normalized spacial score (nSPS) is 28.3. The fourth-order valence-corrected chi connectivity index (χ4v) is 4.16. The van der Waals surface area contributed by atoms with Gasteiger partial charge in [0.05, 0.1) is 0 Å². The third kappa shape index (κ3) is 3.64. The van der Waals surface area contributed by atoms with E-state index in [0.717, 1.165) is 17.6 Å². The van der Waals surface area contributed by atoms with Crippen LogP contribution in [-0.4, -0.2) is 30.4 Å². The molecule has 2 aliphatic carbocycles. The van der Waals surface area contributed by atoms with Gasteiger partial charge in [-0.05, 0) is 48.6 Å². The summed E-state index contributed by atoms with van der Waals surface area (Å²) in [7, 11) is 0. The Hall–Kier alpha value is -1.06. The van der Waals surface area contributed by atoms with Gasteiger partial charge in [0, 0.05) is 12.6 Å². The van der Waals surface area contributed by atoms with E-state index in [4.69, 9.17) is 4.74 Å². The maximum atomic E-state index is 10.0. The van der Waals surface area contributed by atoms with Crippen LogP contribution in [0.4, 0.5) is 0 Å². The van der Waals surface area contributed by atoms with Gasteiger partial charge in [0.25, 0.3) is 0 Å². The standard InChI is InChI=1S/C19H29NO2/c1-13(2)20-11-16(21)12-22-19-6-4-3-5-17(19)18-10-14-7-8-15(18)9-14/h3-6,13-16,18,20-21H,7-12H2,1-2H3/t14-,15+,16+,18-/m0/s1. The number of hydrogen-bond acceptors (Lipinski definition) is 3. The van der Waals surface area contributed by atoms with Gasteiger partial charge in [-0.25, -0.2) is 0 Å². The van der Waals surface area contributed by atoms with Crippen LogP contribution in [0.3, 0.4) is 0 Å². The van der Waals surface area contributed by atoms with Gasteiger partial charge in [0.1, 0.15) is 18.5 Å². The zero-order valence-electron chi connectivity index (χ0n) is 13.8. The molecule has 1 aromatic rings. The molecular formula is C19H29NO2. The molecule has 0 amide bonds. The summed E-state index contributed by atoms with van der Waals surface area (Å²) < 4.78 is 5.96. The quantitative estimate of drug-likeness (QED) is 0.812. The van der Waals surface area contributed by atoms with E-state index in [2.05, 4.69) is 37.4 Å². The number of para-hydroxylation sites is 1. The van der Waals surface area contributed by atoms with Gasteiger partial charge in [-0.1, -0.05) is 38.5 Å². The SMILES string of the molecule is CC(C)NC[C@@H](O)COc1ccccc1[C@H]1C[C@H]2CC[C@@H]1C2. The number of nitrogens with one attached hydrogen (secondary N) is 1. The molecule has 0 aliphatic heterocycles. The molecule has 0 radical (unpaired) electrons. The lowest BCUT2D eigenvalue weighted by Crippen LogP contribution is -2.35. The van der Waals surface area contributed by atoms with Crippen molar-refractivity contribution in [2.24, 2.45) is 11.8 Å². The van der Waals surface area contributed by atoms with E-state index in [1.165, 1.54) is 31.2 Å². The number of aliphatic hydroxyl groups is 1. The van der Waals surface area contributed by atoms with Gasteiger partial charge in [-0.15, -0.1) is 0 Å². The van der Waals surface area contributed by atoms with Gasteiger partial charge in [0.15, 0.2) is 0 Å². The van der Waals surface area contributed by atoms with E-state index in [0.29, 0.717) is 25.1 Å². The number of aliphatic hydroxyl groups excluding tert-OH is 1. The summed E-state index contributed by atoms with van der Waals surface area (Å²) in [5.74, 6) is 3.43. The Morgan fingerprint density at radius 3 is 2.73 bits per heavy atom. The van der Waals surface area contributed by atoms with Crippen LogP contribution in [-0.2, 0) is 0 Å². The Labute approximate surface area is 134 Å². The summed E-state index contributed by atoms with van der Waals surface area (Å²) in [6.45, 7) is 5.10. The monoisotopic (exact) mass is 303 g/mol. The number of rotatable bonds is 7. The van der Waals surface area contributed by atoms with Gasteiger partial charge < -0.3 is 15.2 Å². The summed E-state index contributed by atoms with van der Waals surface area (Å²) in [6, 6.07) is 8.81. The van der Waals surface area contributed by atoms with Gasteiger partial charge in [-0.2, -0.15) is 0 Å². The summed E-state index contributed by atoms with van der Waals surface area (Å²) >= 11 is 0. The van der Waals surface area contributed by atoms with Crippen molar-refractivity contribution in [2.75, 3.05) is 13.2 Å². The first kappa shape index (κ1) is 15.8. The molecule has 2 fully saturated rings. The smallest absolute Gasteiger partial charge is 0.122 e. The predicted molar refractivity (Wildman–Crippen MR) is 89.3 cm³/mol. The number of fused-ring (bicyclic) bond motifs is 2. The average Bonchev–Trinajstić information content (AvgIpc) is 3.14. The Balaban J connectivity index is 1.60. The first-order chi connectivity index (χ1) is 10.6. The van der Waals surface area contributed by atoms with Crippen LogP contribution >= 0.6 is 0 Å². The summed E-state index contributed by atoms with van der Waals surface area (Å²) in [4.78, 5) is 0. The molecule has 0 saturated heterocycles. The summed E-state index contributed by atoms with van der Waals surface area (Å²) in [5.41, 5.74) is 1.36. The lowest BCUT2D eigenvalue weighted by atomic mass is 9.83. The lowest BCUT2D eigenvalue weighted by Gasteiger charge is -2.25. The molecule has 22 heavy (non-hydrogen) atoms. The van der Waals surface area contributed by atoms with Crippen molar-refractivity contribution < 1.29 is 9.84 Å². The van der Waals surface area contributed by atoms with E-state index in [1.807, 2.05) is 6.07 Å². The molecule has 3 rings (SSSR count). The second kappa shape index (κ2) is 7.01. The van der Waals surface area contributed by atoms with Gasteiger partial charge >= 0.3 is 0 Å². The zero-order chi connectivity index (χ0) is 15.5. The Morgan fingerprint density at radius 2 is 2.05 bits per heavy atom. The average molecular weight is 303 g/mol. The fourth-order valence-electron chi connectivity index (χ4n) is 4.16. The van der Waals surface area contributed by atoms with E-state index in [1.54, 1.807) is 0 Å². The van der Waals surface area contributed by atoms with Crippen LogP contribution in [0.1, 0.15) is 51.0 Å². The van der Waals surface area contributed by atoms with E-state index in [-0.39, 0.29) is 0 Å². The largest absolute Gasteiger partial charge is 0.491 e. The molecule has 2 aliphatic rings. The van der Waals surface area contributed by atoms with Crippen molar-refractivity contribution in [1.82, 2.24) is 5.32 Å². The van der Waals surface area contributed by atoms with E-state index >= 15 is 0 Å². The number of ether oxygens (including phenoxy) is 1. The molecule has 0 heterocycles. The summed E-state index contributed by atoms with van der Waals surface area (Å²) in [6.07, 6.45) is 5.06. The molecule has 0 aromatic heterocycles. The fraction of sp³-hybridized carbons (Fsp3) is 0.684. The molecule has 2 N–H and O–H groups in total. The van der Waals surface area contributed by atoms with Crippen LogP contribution in [0.25, 0.3) is 0 Å². The lowest BCUT2D eigenvalue weighted by molar-refractivity contribution is 0.103. The number of hydrogen-bond donors (Lipinski definition) is 2. The highest BCUT2D eigenvalue weighted by molar-refractivity contribution is 5.38. The van der Waals surface area contributed by atoms with Crippen LogP contribution in [0, 0.1) is 11.8 Å². The summed E-state index contributed by atoms with van der Waals surface area (Å²) in [5, 5.41) is 13.3. The van der Waals surface area contributed by atoms with Crippen molar-refractivity contribution in [3.05, 3.63) is 29.8 Å². The molecule has 3 heteroatoms. The molecule has 0 spiro atoms. The maximum Gasteiger partial charge on any atom is 0.122 e. The third-order valence-corrected chi connectivity index (χ3v) is 5.25. The van der Waals surface area contributed by atoms with Gasteiger partial charge in [-0.3, -0.25) is 0 Å². The minimum atomic E-state index is -0.463. The van der Waals surface area contributed by atoms with Crippen LogP contribution in [0.15, 0.2) is 24.3 Å². The maximum absolute atomic E-state index is 10.0. The van der Waals surface area contributed by atoms with Crippen molar-refractivity contribution in [3.8, 4) is 5.75 Å². The molecule has 3 nitrogen and oxygen atoms in total. The highest BCUT2D eigenvalue weighted by Crippen LogP contribution is 2.54. The van der Waals surface area contributed by atoms with Crippen LogP contribution in [0.5, 0.6) is 5.75 Å². The van der Waals surface area contributed by atoms with E-state index < -0.39 is 6.10 Å². The van der Waals surface area contributed by atoms with Crippen molar-refractivity contribution in [2.45, 2.75) is 57.6 Å². The Morgan fingerprint density at radius 1 is 1.23 bits per heavy atom. The zero-order valence-corrected chi connectivity index (χ0v) is 13.8. The minimum absolute atomic E-state index is 0.359. The Kier molecular flexibility index (Phi) is 5.04. The van der Waals surface area contributed by atoms with Crippen molar-refractivity contribution in [3.63, 3.8) is 0 Å². The molecule has 2 bridgehead atoms. The molecule has 2 saturated carbocycles. The minimum Gasteiger partial charge on any atom is -0.491 e. The van der Waals surface area contributed by atoms with Crippen molar-refractivity contribution >= 4 is 0 Å².